The Balaban J connectivity index is 3.03. The van der Waals surface area contributed by atoms with E-state index in [1.54, 1.807) is 0 Å². The Morgan fingerprint density at radius 3 is 2.48 bits per heavy atom. The number of pyridine rings is 1. The molecule has 1 aromatic heterocycles. The van der Waals surface area contributed by atoms with Crippen molar-refractivity contribution in [3.63, 3.8) is 0 Å². The molecule has 0 fully saturated rings. The van der Waals surface area contributed by atoms with Gasteiger partial charge in [-0.3, -0.25) is 4.79 Å². The number of hydrogen-bond donors (Lipinski definition) is 2. The van der Waals surface area contributed by atoms with Crippen LogP contribution in [0.2, 0.25) is 0 Å². The predicted molar refractivity (Wildman–Crippen MR) is 88.9 cm³/mol. The molecule has 1 heterocycles. The van der Waals surface area contributed by atoms with Gasteiger partial charge in [0.05, 0.1) is 0 Å². The minimum Gasteiger partial charge on any atom is -0.370 e. The highest BCUT2D eigenvalue weighted by atomic mass is 16.1. The smallest absolute Gasteiger partial charge is 0.251 e. The van der Waals surface area contributed by atoms with Gasteiger partial charge in [-0.1, -0.05) is 41.5 Å². The fraction of sp³-hybridized carbons (Fsp3) is 0.647. The molecule has 0 aliphatic rings. The van der Waals surface area contributed by atoms with E-state index in [-0.39, 0.29) is 11.3 Å². The molecular formula is C17H29N3O. The van der Waals surface area contributed by atoms with Gasteiger partial charge in [0.15, 0.2) is 0 Å². The topological polar surface area (TPSA) is 54.0 Å². The lowest BCUT2D eigenvalue weighted by Crippen LogP contribution is -2.28. The first-order valence-electron chi connectivity index (χ1n) is 7.78. The molecule has 0 atom stereocenters. The lowest BCUT2D eigenvalue weighted by Gasteiger charge is -2.20. The molecule has 4 nitrogen and oxygen atoms in total. The number of carbonyl (C=O) groups is 1. The van der Waals surface area contributed by atoms with Crippen LogP contribution in [0.3, 0.4) is 0 Å². The van der Waals surface area contributed by atoms with Gasteiger partial charge < -0.3 is 10.6 Å². The van der Waals surface area contributed by atoms with E-state index in [4.69, 9.17) is 0 Å². The fourth-order valence-electron chi connectivity index (χ4n) is 1.79. The third-order valence-corrected chi connectivity index (χ3v) is 3.08. The van der Waals surface area contributed by atoms with Crippen LogP contribution in [0.25, 0.3) is 0 Å². The van der Waals surface area contributed by atoms with E-state index in [0.717, 1.165) is 24.5 Å². The molecule has 1 aromatic rings. The molecule has 0 unspecified atom stereocenters. The molecule has 0 spiro atoms. The van der Waals surface area contributed by atoms with Crippen molar-refractivity contribution in [2.24, 2.45) is 5.92 Å². The zero-order valence-corrected chi connectivity index (χ0v) is 14.2. The second kappa shape index (κ2) is 7.43. The van der Waals surface area contributed by atoms with Gasteiger partial charge in [0.25, 0.3) is 5.91 Å². The second-order valence-corrected chi connectivity index (χ2v) is 6.91. The standard InChI is InChI=1S/C17H29N3O/c1-7-8-18-15-10-13(16(21)19-11-12(2)3)9-14(20-15)17(4,5)6/h9-10,12H,7-8,11H2,1-6H3,(H,18,20)(H,19,21). The zero-order valence-electron chi connectivity index (χ0n) is 14.2. The van der Waals surface area contributed by atoms with Gasteiger partial charge in [-0.05, 0) is 24.5 Å². The van der Waals surface area contributed by atoms with Crippen molar-refractivity contribution < 1.29 is 4.79 Å². The van der Waals surface area contributed by atoms with Crippen LogP contribution < -0.4 is 10.6 Å². The number of rotatable bonds is 6. The van der Waals surface area contributed by atoms with Gasteiger partial charge in [0.2, 0.25) is 0 Å². The van der Waals surface area contributed by atoms with E-state index in [9.17, 15) is 4.79 Å². The van der Waals surface area contributed by atoms with Gasteiger partial charge in [-0.2, -0.15) is 0 Å². The van der Waals surface area contributed by atoms with Crippen molar-refractivity contribution in [3.05, 3.63) is 23.4 Å². The molecule has 1 rings (SSSR count). The van der Waals surface area contributed by atoms with Crippen molar-refractivity contribution >= 4 is 11.7 Å². The lowest BCUT2D eigenvalue weighted by molar-refractivity contribution is 0.0949. The number of carbonyl (C=O) groups excluding carboxylic acids is 1. The average molecular weight is 291 g/mol. The quantitative estimate of drug-likeness (QED) is 0.842. The highest BCUT2D eigenvalue weighted by Crippen LogP contribution is 2.23. The third-order valence-electron chi connectivity index (χ3n) is 3.08. The van der Waals surface area contributed by atoms with E-state index < -0.39 is 0 Å². The maximum absolute atomic E-state index is 12.3. The minimum atomic E-state index is -0.0863. The second-order valence-electron chi connectivity index (χ2n) is 6.91. The summed E-state index contributed by atoms with van der Waals surface area (Å²) >= 11 is 0. The number of amides is 1. The number of hydrogen-bond acceptors (Lipinski definition) is 3. The Labute approximate surface area is 128 Å². The van der Waals surface area contributed by atoms with Crippen LogP contribution in [-0.2, 0) is 5.41 Å². The molecule has 4 heteroatoms. The minimum absolute atomic E-state index is 0.0313. The van der Waals surface area contributed by atoms with Crippen LogP contribution in [0, 0.1) is 5.92 Å². The van der Waals surface area contributed by atoms with Crippen molar-refractivity contribution in [1.29, 1.82) is 0 Å². The highest BCUT2D eigenvalue weighted by Gasteiger charge is 2.19. The lowest BCUT2D eigenvalue weighted by atomic mass is 9.90. The Bertz CT molecular complexity index is 475. The zero-order chi connectivity index (χ0) is 16.0. The van der Waals surface area contributed by atoms with Crippen molar-refractivity contribution in [1.82, 2.24) is 10.3 Å². The molecule has 0 saturated heterocycles. The number of anilines is 1. The van der Waals surface area contributed by atoms with E-state index in [1.807, 2.05) is 12.1 Å². The van der Waals surface area contributed by atoms with E-state index in [1.165, 1.54) is 0 Å². The van der Waals surface area contributed by atoms with E-state index >= 15 is 0 Å². The van der Waals surface area contributed by atoms with Crippen LogP contribution in [0.5, 0.6) is 0 Å². The largest absolute Gasteiger partial charge is 0.370 e. The van der Waals surface area contributed by atoms with Gasteiger partial charge >= 0.3 is 0 Å². The van der Waals surface area contributed by atoms with Crippen LogP contribution >= 0.6 is 0 Å². The van der Waals surface area contributed by atoms with Crippen LogP contribution in [0.1, 0.15) is 64.0 Å². The van der Waals surface area contributed by atoms with Gasteiger partial charge in [0, 0.05) is 29.8 Å². The summed E-state index contributed by atoms with van der Waals surface area (Å²) in [4.78, 5) is 16.9. The first-order chi connectivity index (χ1) is 9.74. The highest BCUT2D eigenvalue weighted by molar-refractivity contribution is 5.95. The summed E-state index contributed by atoms with van der Waals surface area (Å²) in [5.74, 6) is 1.19. The maximum atomic E-state index is 12.3. The summed E-state index contributed by atoms with van der Waals surface area (Å²) in [6.45, 7) is 14.1. The first kappa shape index (κ1) is 17.5. The molecule has 0 bridgehead atoms. The molecule has 118 valence electrons. The normalized spacial score (nSPS) is 11.6. The Kier molecular flexibility index (Phi) is 6.19. The monoisotopic (exact) mass is 291 g/mol. The number of aromatic nitrogens is 1. The molecule has 0 saturated carbocycles. The molecule has 0 aliphatic heterocycles. The predicted octanol–water partition coefficient (Wildman–Crippen LogP) is 3.59. The molecule has 1 amide bonds. The molecule has 0 aromatic carbocycles. The number of nitrogens with one attached hydrogen (secondary N) is 2. The van der Waals surface area contributed by atoms with Crippen LogP contribution in [0.15, 0.2) is 12.1 Å². The molecule has 0 radical (unpaired) electrons. The Hall–Kier alpha value is -1.58. The molecule has 2 N–H and O–H groups in total. The third kappa shape index (κ3) is 5.74. The van der Waals surface area contributed by atoms with Gasteiger partial charge in [-0.25, -0.2) is 4.98 Å². The fourth-order valence-corrected chi connectivity index (χ4v) is 1.79. The van der Waals surface area contributed by atoms with Gasteiger partial charge in [-0.15, -0.1) is 0 Å². The Morgan fingerprint density at radius 2 is 1.95 bits per heavy atom. The van der Waals surface area contributed by atoms with Crippen molar-refractivity contribution in [2.45, 2.75) is 53.4 Å². The summed E-state index contributed by atoms with van der Waals surface area (Å²) in [5, 5.41) is 6.24. The SMILES string of the molecule is CCCNc1cc(C(=O)NCC(C)C)cc(C(C)(C)C)n1. The van der Waals surface area contributed by atoms with Crippen LogP contribution in [0.4, 0.5) is 5.82 Å². The van der Waals surface area contributed by atoms with Crippen molar-refractivity contribution in [2.75, 3.05) is 18.4 Å². The summed E-state index contributed by atoms with van der Waals surface area (Å²) in [7, 11) is 0. The van der Waals surface area contributed by atoms with E-state index in [2.05, 4.69) is 57.2 Å². The summed E-state index contributed by atoms with van der Waals surface area (Å²) in [6.07, 6.45) is 1.02. The summed E-state index contributed by atoms with van der Waals surface area (Å²) in [5.41, 5.74) is 1.52. The summed E-state index contributed by atoms with van der Waals surface area (Å²) in [6, 6.07) is 3.73. The molecule has 0 aliphatic carbocycles. The van der Waals surface area contributed by atoms with Crippen LogP contribution in [-0.4, -0.2) is 24.0 Å². The summed E-state index contributed by atoms with van der Waals surface area (Å²) < 4.78 is 0. The molecular weight excluding hydrogens is 262 g/mol. The van der Waals surface area contributed by atoms with Gasteiger partial charge in [0.1, 0.15) is 5.82 Å². The average Bonchev–Trinajstić information content (AvgIpc) is 2.41. The Morgan fingerprint density at radius 1 is 1.29 bits per heavy atom. The van der Waals surface area contributed by atoms with E-state index in [0.29, 0.717) is 18.0 Å². The maximum Gasteiger partial charge on any atom is 0.251 e. The first-order valence-corrected chi connectivity index (χ1v) is 7.78. The van der Waals surface area contributed by atoms with Crippen molar-refractivity contribution in [3.8, 4) is 0 Å². The number of nitrogens with zero attached hydrogens (tertiary/aromatic N) is 1. The molecule has 21 heavy (non-hydrogen) atoms.